The largest absolute Gasteiger partial charge is 0.494 e. The van der Waals surface area contributed by atoms with Crippen LogP contribution in [0.4, 0.5) is 5.69 Å². The second-order valence-electron chi connectivity index (χ2n) is 10.4. The molecule has 0 saturated carbocycles. The maximum absolute atomic E-state index is 11.7. The maximum atomic E-state index is 11.7. The van der Waals surface area contributed by atoms with Gasteiger partial charge in [0, 0.05) is 36.0 Å². The Morgan fingerprint density at radius 2 is 1.87 bits per heavy atom. The van der Waals surface area contributed by atoms with Gasteiger partial charge in [0.05, 0.1) is 32.5 Å². The molecule has 1 atom stereocenters. The number of esters is 1. The lowest BCUT2D eigenvalue weighted by molar-refractivity contribution is -0.141. The summed E-state index contributed by atoms with van der Waals surface area (Å²) in [5.74, 6) is 1.55. The van der Waals surface area contributed by atoms with Crippen molar-refractivity contribution in [1.29, 1.82) is 0 Å². The van der Waals surface area contributed by atoms with E-state index >= 15 is 0 Å². The van der Waals surface area contributed by atoms with Gasteiger partial charge in [-0.3, -0.25) is 4.79 Å². The van der Waals surface area contributed by atoms with Gasteiger partial charge in [0.1, 0.15) is 21.3 Å². The summed E-state index contributed by atoms with van der Waals surface area (Å²) in [7, 11) is -1.57. The van der Waals surface area contributed by atoms with Crippen molar-refractivity contribution in [3.8, 4) is 22.6 Å². The summed E-state index contributed by atoms with van der Waals surface area (Å²) in [6.45, 7) is 1.55. The first kappa shape index (κ1) is 27.1. The number of rotatable bonds is 10. The van der Waals surface area contributed by atoms with Crippen LogP contribution in [0.5, 0.6) is 11.5 Å². The summed E-state index contributed by atoms with van der Waals surface area (Å²) in [6, 6.07) is 19.0. The number of hydrogen-bond donors (Lipinski definition) is 1. The molecule has 3 aromatic rings. The lowest BCUT2D eigenvalue weighted by Gasteiger charge is -2.15. The van der Waals surface area contributed by atoms with Gasteiger partial charge in [-0.15, -0.1) is 0 Å². The van der Waals surface area contributed by atoms with Gasteiger partial charge in [-0.25, -0.2) is 8.42 Å². The van der Waals surface area contributed by atoms with Crippen LogP contribution in [0, 0.1) is 0 Å². The van der Waals surface area contributed by atoms with E-state index < -0.39 is 9.84 Å². The van der Waals surface area contributed by atoms with Gasteiger partial charge < -0.3 is 19.5 Å². The summed E-state index contributed by atoms with van der Waals surface area (Å²) in [5.41, 5.74) is 8.31. The Labute approximate surface area is 230 Å². The molecule has 0 spiro atoms. The quantitative estimate of drug-likeness (QED) is 0.271. The molecule has 1 aliphatic heterocycles. The molecule has 1 aliphatic carbocycles. The van der Waals surface area contributed by atoms with Gasteiger partial charge in [-0.05, 0) is 77.8 Å². The SMILES string of the molecule is COC(=O)C[C@@H]1COc2cc(NCc3ccc4c(c3)-c3ccc(OCCCS(C)(=O)=O)cc3CCC4)ccc21. The first-order chi connectivity index (χ1) is 18.8. The van der Waals surface area contributed by atoms with Gasteiger partial charge in [0.2, 0.25) is 0 Å². The molecule has 0 bridgehead atoms. The van der Waals surface area contributed by atoms with Crippen molar-refractivity contribution in [1.82, 2.24) is 0 Å². The van der Waals surface area contributed by atoms with Crippen molar-refractivity contribution in [2.45, 2.75) is 44.6 Å². The number of hydrogen-bond acceptors (Lipinski definition) is 7. The van der Waals surface area contributed by atoms with Crippen LogP contribution < -0.4 is 14.8 Å². The minimum Gasteiger partial charge on any atom is -0.494 e. The Balaban J connectivity index is 1.26. The fourth-order valence-electron chi connectivity index (χ4n) is 5.36. The van der Waals surface area contributed by atoms with Crippen LogP contribution in [0.3, 0.4) is 0 Å². The second kappa shape index (κ2) is 11.7. The number of benzene rings is 3. The third-order valence-corrected chi connectivity index (χ3v) is 8.42. The van der Waals surface area contributed by atoms with Crippen molar-refractivity contribution < 1.29 is 27.4 Å². The van der Waals surface area contributed by atoms with E-state index in [9.17, 15) is 13.2 Å². The number of anilines is 1. The molecule has 0 saturated heterocycles. The predicted octanol–water partition coefficient (Wildman–Crippen LogP) is 5.31. The summed E-state index contributed by atoms with van der Waals surface area (Å²) in [6.07, 6.45) is 5.13. The summed E-state index contributed by atoms with van der Waals surface area (Å²) in [5, 5.41) is 3.52. The molecular formula is C31H35NO6S. The number of fused-ring (bicyclic) bond motifs is 4. The van der Waals surface area contributed by atoms with Crippen molar-refractivity contribution in [3.63, 3.8) is 0 Å². The zero-order chi connectivity index (χ0) is 27.4. The van der Waals surface area contributed by atoms with Crippen LogP contribution in [-0.4, -0.2) is 46.7 Å². The Kier molecular flexibility index (Phi) is 8.12. The number of ether oxygens (including phenoxy) is 3. The highest BCUT2D eigenvalue weighted by Gasteiger charge is 2.27. The van der Waals surface area contributed by atoms with Gasteiger partial charge in [0.15, 0.2) is 0 Å². The number of carbonyl (C=O) groups is 1. The van der Waals surface area contributed by atoms with Crippen LogP contribution in [0.2, 0.25) is 0 Å². The van der Waals surface area contributed by atoms with Crippen LogP contribution in [-0.2, 0) is 38.8 Å². The van der Waals surface area contributed by atoms with E-state index in [1.165, 1.54) is 41.2 Å². The van der Waals surface area contributed by atoms with Crippen LogP contribution in [0.15, 0.2) is 54.6 Å². The normalized spacial score (nSPS) is 15.8. The number of nitrogens with one attached hydrogen (secondary N) is 1. The standard InChI is InChI=1S/C31H35NO6S/c1-36-31(33)17-24-20-38-30-18-25(9-11-28(24)30)32-19-21-7-8-22-5-3-6-23-16-26(10-12-27(23)29(22)15-21)37-13-4-14-39(2,34)35/h7-12,15-16,18,24,32H,3-6,13-14,17,19-20H2,1-2H3/t24-/m1/s1. The zero-order valence-corrected chi connectivity index (χ0v) is 23.3. The van der Waals surface area contributed by atoms with Gasteiger partial charge in [0.25, 0.3) is 0 Å². The van der Waals surface area contributed by atoms with Crippen LogP contribution in [0.1, 0.15) is 47.4 Å². The zero-order valence-electron chi connectivity index (χ0n) is 22.5. The van der Waals surface area contributed by atoms with Crippen molar-refractivity contribution in [3.05, 3.63) is 76.9 Å². The Morgan fingerprint density at radius 1 is 1.03 bits per heavy atom. The molecule has 0 amide bonds. The molecule has 0 aromatic heterocycles. The van der Waals surface area contributed by atoms with Crippen molar-refractivity contribution >= 4 is 21.5 Å². The third-order valence-electron chi connectivity index (χ3n) is 7.39. The average Bonchev–Trinajstić information content (AvgIpc) is 3.22. The molecule has 0 radical (unpaired) electrons. The second-order valence-corrected chi connectivity index (χ2v) is 12.6. The van der Waals surface area contributed by atoms with Crippen LogP contribution in [0.25, 0.3) is 11.1 Å². The van der Waals surface area contributed by atoms with E-state index in [-0.39, 0.29) is 17.6 Å². The molecular weight excluding hydrogens is 514 g/mol. The summed E-state index contributed by atoms with van der Waals surface area (Å²) >= 11 is 0. The molecule has 5 rings (SSSR count). The molecule has 1 N–H and O–H groups in total. The number of sulfone groups is 1. The van der Waals surface area contributed by atoms with Crippen LogP contribution >= 0.6 is 0 Å². The van der Waals surface area contributed by atoms with E-state index in [4.69, 9.17) is 14.2 Å². The highest BCUT2D eigenvalue weighted by atomic mass is 32.2. The van der Waals surface area contributed by atoms with E-state index in [1.54, 1.807) is 0 Å². The number of aryl methyl sites for hydroxylation is 2. The molecule has 39 heavy (non-hydrogen) atoms. The molecule has 1 heterocycles. The fraction of sp³-hybridized carbons (Fsp3) is 0.387. The first-order valence-corrected chi connectivity index (χ1v) is 15.5. The minimum absolute atomic E-state index is 0.0320. The van der Waals surface area contributed by atoms with E-state index in [0.717, 1.165) is 42.0 Å². The lowest BCUT2D eigenvalue weighted by atomic mass is 9.94. The molecule has 0 unspecified atom stereocenters. The molecule has 7 nitrogen and oxygen atoms in total. The maximum Gasteiger partial charge on any atom is 0.306 e. The highest BCUT2D eigenvalue weighted by Crippen LogP contribution is 2.38. The monoisotopic (exact) mass is 549 g/mol. The Morgan fingerprint density at radius 3 is 2.69 bits per heavy atom. The van der Waals surface area contributed by atoms with Crippen molar-refractivity contribution in [2.24, 2.45) is 0 Å². The Hall–Kier alpha value is -3.52. The smallest absolute Gasteiger partial charge is 0.306 e. The molecule has 0 fully saturated rings. The van der Waals surface area contributed by atoms with E-state index in [1.807, 2.05) is 24.3 Å². The molecule has 206 valence electrons. The molecule has 3 aromatic carbocycles. The summed E-state index contributed by atoms with van der Waals surface area (Å²) in [4.78, 5) is 11.7. The average molecular weight is 550 g/mol. The summed E-state index contributed by atoms with van der Waals surface area (Å²) < 4.78 is 39.2. The highest BCUT2D eigenvalue weighted by molar-refractivity contribution is 7.90. The first-order valence-electron chi connectivity index (χ1n) is 13.4. The lowest BCUT2D eigenvalue weighted by Crippen LogP contribution is -2.09. The van der Waals surface area contributed by atoms with Crippen molar-refractivity contribution in [2.75, 3.05) is 37.6 Å². The Bertz CT molecular complexity index is 1470. The van der Waals surface area contributed by atoms with E-state index in [0.29, 0.717) is 32.6 Å². The van der Waals surface area contributed by atoms with E-state index in [2.05, 4.69) is 35.6 Å². The molecule has 8 heteroatoms. The number of carbonyl (C=O) groups excluding carboxylic acids is 1. The predicted molar refractivity (Wildman–Crippen MR) is 152 cm³/mol. The third kappa shape index (κ3) is 6.74. The fourth-order valence-corrected chi connectivity index (χ4v) is 6.00. The number of methoxy groups -OCH3 is 1. The minimum atomic E-state index is -2.97. The topological polar surface area (TPSA) is 90.9 Å². The van der Waals surface area contributed by atoms with Gasteiger partial charge >= 0.3 is 5.97 Å². The van der Waals surface area contributed by atoms with Gasteiger partial charge in [-0.1, -0.05) is 24.3 Å². The molecule has 2 aliphatic rings. The van der Waals surface area contributed by atoms with Gasteiger partial charge in [-0.2, -0.15) is 0 Å².